The van der Waals surface area contributed by atoms with Crippen LogP contribution in [0.4, 0.5) is 0 Å². The van der Waals surface area contributed by atoms with Crippen LogP contribution in [0.2, 0.25) is 0 Å². The number of thiocarbonyl (C=S) groups is 1. The van der Waals surface area contributed by atoms with Gasteiger partial charge >= 0.3 is 5.97 Å². The number of hydrogen-bond acceptors (Lipinski definition) is 10. The second-order valence-corrected chi connectivity index (χ2v) is 20.5. The number of nitrogens with one attached hydrogen (secondary N) is 2. The molecule has 2 spiro atoms. The van der Waals surface area contributed by atoms with E-state index >= 15 is 0 Å². The molecule has 0 aromatic rings. The van der Waals surface area contributed by atoms with Crippen LogP contribution in [0.25, 0.3) is 0 Å². The highest BCUT2D eigenvalue weighted by Gasteiger charge is 2.63. The molecule has 61 heavy (non-hydrogen) atoms. The molecule has 350 valence electrons. The Hall–Kier alpha value is -1.71. The van der Waals surface area contributed by atoms with E-state index in [1.807, 2.05) is 40.7 Å². The van der Waals surface area contributed by atoms with Crippen molar-refractivity contribution in [2.75, 3.05) is 0 Å². The molecule has 13 heteroatoms. The number of carboxylic acid groups (broad SMARTS) is 1. The molecule has 4 saturated heterocycles. The molecular weight excluding hydrogens is 797 g/mol. The summed E-state index contributed by atoms with van der Waals surface area (Å²) in [5.74, 6) is -5.52. The van der Waals surface area contributed by atoms with Crippen molar-refractivity contribution in [2.45, 2.75) is 232 Å². The highest BCUT2D eigenvalue weighted by Crippen LogP contribution is 2.54. The van der Waals surface area contributed by atoms with Gasteiger partial charge in [-0.15, -0.1) is 0 Å². The second-order valence-electron chi connectivity index (χ2n) is 20.1. The SMILES string of the molecule is CCC(CC)NC(=S)N[C@@H]1C=C[C@]2(O[C@H]([C@@H](CC)C(=O)[C@@H](C)[C@@H](O)[C@H](C)[C@@H]3O[C@@H]([C@@H](CC)C(=O)O)CC[C@@H]3C)[C@@H](C)C[C@H]2C)O[C@@]12CC[C@@](C)([C@H]1CC[C@](O)(CC)[C@H](C)O1)O2. The Kier molecular flexibility index (Phi) is 16.7. The van der Waals surface area contributed by atoms with E-state index < -0.39 is 76.8 Å². The van der Waals surface area contributed by atoms with Gasteiger partial charge in [-0.2, -0.15) is 0 Å². The molecule has 5 N–H and O–H groups in total. The van der Waals surface area contributed by atoms with Crippen molar-refractivity contribution in [2.24, 2.45) is 41.4 Å². The van der Waals surface area contributed by atoms with Crippen LogP contribution in [0, 0.1) is 41.4 Å². The molecule has 0 saturated carbocycles. The van der Waals surface area contributed by atoms with Gasteiger partial charge in [0.05, 0.1) is 53.7 Å². The first-order chi connectivity index (χ1) is 28.7. The third kappa shape index (κ3) is 10.2. The van der Waals surface area contributed by atoms with Crippen molar-refractivity contribution in [3.8, 4) is 0 Å². The zero-order valence-corrected chi connectivity index (χ0v) is 40.2. The van der Waals surface area contributed by atoms with Gasteiger partial charge in [-0.1, -0.05) is 75.3 Å². The van der Waals surface area contributed by atoms with Crippen LogP contribution in [0.15, 0.2) is 12.2 Å². The third-order valence-corrected chi connectivity index (χ3v) is 16.3. The van der Waals surface area contributed by atoms with E-state index in [1.54, 1.807) is 6.92 Å². The van der Waals surface area contributed by atoms with E-state index in [0.717, 1.165) is 25.7 Å². The zero-order chi connectivity index (χ0) is 45.2. The maximum Gasteiger partial charge on any atom is 0.309 e. The van der Waals surface area contributed by atoms with Crippen LogP contribution >= 0.6 is 12.2 Å². The summed E-state index contributed by atoms with van der Waals surface area (Å²) >= 11 is 5.89. The number of carbonyl (C=O) groups is 2. The minimum Gasteiger partial charge on any atom is -0.481 e. The number of Topliss-reactive ketones (excluding diaryl/α,β-unsaturated/α-hetero) is 1. The van der Waals surface area contributed by atoms with Crippen LogP contribution in [-0.2, 0) is 33.3 Å². The van der Waals surface area contributed by atoms with Crippen molar-refractivity contribution < 1.29 is 48.6 Å². The molecular formula is C48H82N2O10S. The maximum atomic E-state index is 14.7. The zero-order valence-electron chi connectivity index (χ0n) is 39.4. The Morgan fingerprint density at radius 3 is 2.13 bits per heavy atom. The summed E-state index contributed by atoms with van der Waals surface area (Å²) in [6, 6.07) is -0.235. The summed E-state index contributed by atoms with van der Waals surface area (Å²) in [6.07, 6.45) is 9.26. The predicted molar refractivity (Wildman–Crippen MR) is 240 cm³/mol. The smallest absolute Gasteiger partial charge is 0.309 e. The lowest BCUT2D eigenvalue weighted by atomic mass is 9.72. The van der Waals surface area contributed by atoms with Gasteiger partial charge in [-0.25, -0.2) is 0 Å². The van der Waals surface area contributed by atoms with Gasteiger partial charge in [0.15, 0.2) is 16.7 Å². The Labute approximate surface area is 372 Å². The predicted octanol–water partition coefficient (Wildman–Crippen LogP) is 7.85. The van der Waals surface area contributed by atoms with Crippen LogP contribution < -0.4 is 10.6 Å². The topological polar surface area (TPSA) is 165 Å². The van der Waals surface area contributed by atoms with E-state index in [2.05, 4.69) is 58.3 Å². The Balaban J connectivity index is 1.40. The summed E-state index contributed by atoms with van der Waals surface area (Å²) < 4.78 is 34.9. The Bertz CT molecular complexity index is 1550. The number of carboxylic acids is 1. The molecule has 12 nitrogen and oxygen atoms in total. The van der Waals surface area contributed by atoms with Gasteiger partial charge < -0.3 is 49.6 Å². The van der Waals surface area contributed by atoms with Crippen LogP contribution in [0.1, 0.15) is 160 Å². The average Bonchev–Trinajstić information content (AvgIpc) is 3.57. The largest absolute Gasteiger partial charge is 0.481 e. The summed E-state index contributed by atoms with van der Waals surface area (Å²) in [7, 11) is 0. The first-order valence-electron chi connectivity index (χ1n) is 24.0. The lowest BCUT2D eigenvalue weighted by molar-refractivity contribution is -0.397. The fraction of sp³-hybridized carbons (Fsp3) is 0.896. The Morgan fingerprint density at radius 2 is 1.54 bits per heavy atom. The summed E-state index contributed by atoms with van der Waals surface area (Å²) in [6.45, 7) is 24.2. The minimum absolute atomic E-state index is 0.0190. The molecule has 0 aliphatic carbocycles. The lowest BCUT2D eigenvalue weighted by Crippen LogP contribution is -2.66. The number of ketones is 1. The number of aliphatic hydroxyl groups excluding tert-OH is 1. The first-order valence-corrected chi connectivity index (χ1v) is 24.4. The van der Waals surface area contributed by atoms with E-state index in [4.69, 9.17) is 35.9 Å². The fourth-order valence-electron chi connectivity index (χ4n) is 11.5. The maximum absolute atomic E-state index is 14.7. The van der Waals surface area contributed by atoms with E-state index in [1.165, 1.54) is 0 Å². The molecule has 0 radical (unpaired) electrons. The van der Waals surface area contributed by atoms with Crippen LogP contribution in [0.3, 0.4) is 0 Å². The molecule has 5 rings (SSSR count). The van der Waals surface area contributed by atoms with E-state index in [-0.39, 0.29) is 47.9 Å². The quantitative estimate of drug-likeness (QED) is 0.0753. The fourth-order valence-corrected chi connectivity index (χ4v) is 11.8. The minimum atomic E-state index is -1.21. The standard InChI is InChI=1S/C48H82N2O10S/c1-13-33(14-2)49-44(61)50-37-20-23-47(60-48(37)25-24-45(12,59-48)38-21-22-46(55,17-5)32(11)56-38)29(8)26-28(7)42(58-47)35(16-4)40(52)30(9)39(51)31(10)41-27(6)18-19-36(57-41)34(15-3)43(53)54/h20,23,27-39,41-42,51,55H,13-19,21-22,24-26H2,1-12H3,(H,53,54)(H2,49,50,61)/t27-,28-,29+,30-,31-,32-,34+,35-,36+,37+,38+,39+,41+,42-,45-,46+,47-,48-/m0/s1. The van der Waals surface area contributed by atoms with Gasteiger partial charge in [0.2, 0.25) is 0 Å². The van der Waals surface area contributed by atoms with Crippen molar-refractivity contribution in [3.05, 3.63) is 12.2 Å². The van der Waals surface area contributed by atoms with E-state index in [0.29, 0.717) is 56.5 Å². The van der Waals surface area contributed by atoms with Crippen molar-refractivity contribution in [1.82, 2.24) is 10.6 Å². The number of carbonyl (C=O) groups excluding carboxylic acids is 1. The second kappa shape index (κ2) is 20.2. The monoisotopic (exact) mass is 879 g/mol. The van der Waals surface area contributed by atoms with Gasteiger partial charge in [0, 0.05) is 36.1 Å². The summed E-state index contributed by atoms with van der Waals surface area (Å²) in [4.78, 5) is 26.7. The molecule has 0 bridgehead atoms. The van der Waals surface area contributed by atoms with E-state index in [9.17, 15) is 24.9 Å². The third-order valence-electron chi connectivity index (χ3n) is 16.1. The summed E-state index contributed by atoms with van der Waals surface area (Å²) in [5, 5.41) is 40.5. The Morgan fingerprint density at radius 1 is 0.869 bits per heavy atom. The van der Waals surface area contributed by atoms with Gasteiger partial charge in [-0.05, 0) is 115 Å². The van der Waals surface area contributed by atoms with Gasteiger partial charge in [-0.3, -0.25) is 9.59 Å². The molecule has 5 aliphatic heterocycles. The molecule has 0 aromatic carbocycles. The van der Waals surface area contributed by atoms with Crippen LogP contribution in [-0.4, -0.2) is 104 Å². The molecule has 5 heterocycles. The van der Waals surface area contributed by atoms with Crippen molar-refractivity contribution in [3.63, 3.8) is 0 Å². The van der Waals surface area contributed by atoms with Crippen molar-refractivity contribution in [1.29, 1.82) is 0 Å². The molecule has 0 amide bonds. The number of aliphatic carboxylic acids is 1. The molecule has 18 atom stereocenters. The molecule has 4 fully saturated rings. The lowest BCUT2D eigenvalue weighted by Gasteiger charge is -2.55. The molecule has 5 aliphatic rings. The number of ether oxygens (including phenoxy) is 5. The highest BCUT2D eigenvalue weighted by atomic mass is 32.1. The summed E-state index contributed by atoms with van der Waals surface area (Å²) in [5.41, 5.74) is -1.60. The average molecular weight is 879 g/mol. The van der Waals surface area contributed by atoms with Gasteiger partial charge in [0.25, 0.3) is 0 Å². The number of hydrogen-bond donors (Lipinski definition) is 5. The number of rotatable bonds is 16. The normalized spacial score (nSPS) is 41.6. The molecule has 0 aromatic heterocycles. The van der Waals surface area contributed by atoms with Gasteiger partial charge in [0.1, 0.15) is 11.8 Å². The van der Waals surface area contributed by atoms with Crippen molar-refractivity contribution >= 4 is 29.1 Å². The molecule has 0 unspecified atom stereocenters. The first kappa shape index (κ1) is 50.3. The number of aliphatic hydroxyl groups is 2. The van der Waals surface area contributed by atoms with Crippen LogP contribution in [0.5, 0.6) is 0 Å². The highest BCUT2D eigenvalue weighted by molar-refractivity contribution is 7.80.